The maximum Gasteiger partial charge on any atom is 0.227 e. The number of carbonyl (C=O) groups excluding carboxylic acids is 1. The van der Waals surface area contributed by atoms with Crippen molar-refractivity contribution < 1.29 is 9.53 Å². The highest BCUT2D eigenvalue weighted by molar-refractivity contribution is 8.14. The van der Waals surface area contributed by atoms with Gasteiger partial charge in [0, 0.05) is 16.6 Å². The van der Waals surface area contributed by atoms with E-state index in [4.69, 9.17) is 4.74 Å². The molecular formula is C17H14N2O2S. The van der Waals surface area contributed by atoms with Crippen LogP contribution in [0.4, 0.5) is 0 Å². The molecule has 110 valence electrons. The number of aromatic nitrogens is 2. The molecule has 0 atom stereocenters. The average Bonchev–Trinajstić information content (AvgIpc) is 2.55. The Hall–Kier alpha value is -2.40. The van der Waals surface area contributed by atoms with E-state index >= 15 is 0 Å². The number of thioether (sulfide) groups is 1. The molecule has 0 fully saturated rings. The van der Waals surface area contributed by atoms with Crippen LogP contribution in [0.1, 0.15) is 16.1 Å². The number of fused-ring (bicyclic) bond motifs is 1. The van der Waals surface area contributed by atoms with Gasteiger partial charge in [-0.25, -0.2) is 9.97 Å². The van der Waals surface area contributed by atoms with Crippen LogP contribution in [0.15, 0.2) is 53.7 Å². The number of hydrogen-bond donors (Lipinski definition) is 0. The van der Waals surface area contributed by atoms with Gasteiger partial charge in [0.2, 0.25) is 5.12 Å². The summed E-state index contributed by atoms with van der Waals surface area (Å²) in [7, 11) is 1.63. The van der Waals surface area contributed by atoms with Crippen LogP contribution in [0.5, 0.6) is 5.75 Å². The first kappa shape index (κ1) is 14.5. The first-order valence-electron chi connectivity index (χ1n) is 6.77. The molecule has 2 aromatic carbocycles. The molecule has 0 unspecified atom stereocenters. The highest BCUT2D eigenvalue weighted by atomic mass is 32.2. The third-order valence-corrected chi connectivity index (χ3v) is 4.05. The molecule has 0 aliphatic carbocycles. The van der Waals surface area contributed by atoms with E-state index in [1.54, 1.807) is 19.2 Å². The molecule has 0 radical (unpaired) electrons. The minimum absolute atomic E-state index is 0.0622. The zero-order chi connectivity index (χ0) is 15.5. The second-order valence-corrected chi connectivity index (χ2v) is 5.67. The third-order valence-electron chi connectivity index (χ3n) is 3.27. The number of ether oxygens (including phenoxy) is 1. The Morgan fingerprint density at radius 2 is 1.86 bits per heavy atom. The number of carbonyl (C=O) groups is 1. The van der Waals surface area contributed by atoms with Crippen molar-refractivity contribution in [3.63, 3.8) is 0 Å². The molecule has 1 heterocycles. The lowest BCUT2D eigenvalue weighted by atomic mass is 10.2. The lowest BCUT2D eigenvalue weighted by Gasteiger charge is -2.06. The van der Waals surface area contributed by atoms with Crippen molar-refractivity contribution in [3.8, 4) is 5.75 Å². The number of benzene rings is 2. The van der Waals surface area contributed by atoms with E-state index < -0.39 is 0 Å². The van der Waals surface area contributed by atoms with E-state index in [-0.39, 0.29) is 5.12 Å². The van der Waals surface area contributed by atoms with Crippen LogP contribution >= 0.6 is 11.8 Å². The summed E-state index contributed by atoms with van der Waals surface area (Å²) in [6.07, 6.45) is 0. The van der Waals surface area contributed by atoms with Crippen molar-refractivity contribution in [2.75, 3.05) is 7.11 Å². The molecule has 1 aromatic heterocycles. The van der Waals surface area contributed by atoms with Crippen LogP contribution in [-0.2, 0) is 0 Å². The SMILES string of the molecule is COc1ccc2nc(SC(=O)c3ccccc3)nc(C)c2c1. The molecule has 0 aliphatic heterocycles. The molecule has 0 spiro atoms. The molecule has 22 heavy (non-hydrogen) atoms. The smallest absolute Gasteiger partial charge is 0.227 e. The van der Waals surface area contributed by atoms with E-state index in [1.165, 1.54) is 0 Å². The number of hydrogen-bond acceptors (Lipinski definition) is 5. The number of aryl methyl sites for hydroxylation is 1. The van der Waals surface area contributed by atoms with Gasteiger partial charge in [-0.3, -0.25) is 4.79 Å². The maximum absolute atomic E-state index is 12.2. The Kier molecular flexibility index (Phi) is 4.06. The zero-order valence-electron chi connectivity index (χ0n) is 12.2. The predicted octanol–water partition coefficient (Wildman–Crippen LogP) is 3.88. The van der Waals surface area contributed by atoms with Crippen molar-refractivity contribution in [2.24, 2.45) is 0 Å². The van der Waals surface area contributed by atoms with Crippen molar-refractivity contribution in [1.29, 1.82) is 0 Å². The van der Waals surface area contributed by atoms with Gasteiger partial charge in [-0.15, -0.1) is 0 Å². The van der Waals surface area contributed by atoms with Crippen molar-refractivity contribution in [1.82, 2.24) is 9.97 Å². The predicted molar refractivity (Wildman–Crippen MR) is 87.5 cm³/mol. The lowest BCUT2D eigenvalue weighted by molar-refractivity contribution is 0.108. The van der Waals surface area contributed by atoms with Crippen molar-refractivity contribution in [2.45, 2.75) is 12.1 Å². The second-order valence-electron chi connectivity index (χ2n) is 4.73. The number of methoxy groups -OCH3 is 1. The minimum atomic E-state index is -0.0622. The average molecular weight is 310 g/mol. The summed E-state index contributed by atoms with van der Waals surface area (Å²) in [6, 6.07) is 14.8. The monoisotopic (exact) mass is 310 g/mol. The van der Waals surface area contributed by atoms with Crippen molar-refractivity contribution in [3.05, 3.63) is 59.8 Å². The molecule has 3 rings (SSSR count). The topological polar surface area (TPSA) is 52.1 Å². The zero-order valence-corrected chi connectivity index (χ0v) is 13.1. The van der Waals surface area contributed by atoms with Gasteiger partial charge < -0.3 is 4.74 Å². The fourth-order valence-corrected chi connectivity index (χ4v) is 2.87. The Morgan fingerprint density at radius 3 is 2.59 bits per heavy atom. The summed E-state index contributed by atoms with van der Waals surface area (Å²) in [5.74, 6) is 0.764. The van der Waals surface area contributed by atoms with E-state index in [0.29, 0.717) is 10.7 Å². The standard InChI is InChI=1S/C17H14N2O2S/c1-11-14-10-13(21-2)8-9-15(14)19-17(18-11)22-16(20)12-6-4-3-5-7-12/h3-10H,1-2H3. The van der Waals surface area contributed by atoms with Gasteiger partial charge >= 0.3 is 0 Å². The molecule has 0 N–H and O–H groups in total. The minimum Gasteiger partial charge on any atom is -0.497 e. The lowest BCUT2D eigenvalue weighted by Crippen LogP contribution is -1.98. The van der Waals surface area contributed by atoms with Crippen LogP contribution < -0.4 is 4.74 Å². The molecule has 0 bridgehead atoms. The second kappa shape index (κ2) is 6.15. The van der Waals surface area contributed by atoms with Crippen molar-refractivity contribution >= 4 is 27.8 Å². The molecule has 3 aromatic rings. The van der Waals surface area contributed by atoms with Crippen LogP contribution in [0, 0.1) is 6.92 Å². The van der Waals surface area contributed by atoms with E-state index in [0.717, 1.165) is 34.1 Å². The molecule has 0 saturated carbocycles. The van der Waals surface area contributed by atoms with E-state index in [9.17, 15) is 4.79 Å². The van der Waals surface area contributed by atoms with Crippen LogP contribution in [0.25, 0.3) is 10.9 Å². The molecule has 0 saturated heterocycles. The van der Waals surface area contributed by atoms with Crippen LogP contribution in [0.2, 0.25) is 0 Å². The fourth-order valence-electron chi connectivity index (χ4n) is 2.12. The molecule has 4 nitrogen and oxygen atoms in total. The van der Waals surface area contributed by atoms with Gasteiger partial charge in [-0.2, -0.15) is 0 Å². The quantitative estimate of drug-likeness (QED) is 0.543. The highest BCUT2D eigenvalue weighted by Crippen LogP contribution is 2.26. The Morgan fingerprint density at radius 1 is 1.09 bits per heavy atom. The van der Waals surface area contributed by atoms with Gasteiger partial charge in [-0.1, -0.05) is 30.3 Å². The summed E-state index contributed by atoms with van der Waals surface area (Å²) >= 11 is 1.04. The van der Waals surface area contributed by atoms with Gasteiger partial charge in [0.25, 0.3) is 0 Å². The summed E-state index contributed by atoms with van der Waals surface area (Å²) in [6.45, 7) is 1.90. The normalized spacial score (nSPS) is 10.6. The molecule has 0 aliphatic rings. The fraction of sp³-hybridized carbons (Fsp3) is 0.118. The van der Waals surface area contributed by atoms with Gasteiger partial charge in [-0.05, 0) is 36.9 Å². The van der Waals surface area contributed by atoms with E-state index in [1.807, 2.05) is 43.3 Å². The summed E-state index contributed by atoms with van der Waals surface area (Å²) in [5, 5.41) is 1.33. The summed E-state index contributed by atoms with van der Waals surface area (Å²) in [4.78, 5) is 21.1. The Bertz CT molecular complexity index is 835. The number of rotatable bonds is 3. The van der Waals surface area contributed by atoms with Gasteiger partial charge in [0.15, 0.2) is 5.16 Å². The number of nitrogens with zero attached hydrogens (tertiary/aromatic N) is 2. The molecular weight excluding hydrogens is 296 g/mol. The largest absolute Gasteiger partial charge is 0.497 e. The Balaban J connectivity index is 1.93. The van der Waals surface area contributed by atoms with Gasteiger partial charge in [0.1, 0.15) is 5.75 Å². The van der Waals surface area contributed by atoms with Gasteiger partial charge in [0.05, 0.1) is 12.6 Å². The van der Waals surface area contributed by atoms with Crippen LogP contribution in [0.3, 0.4) is 0 Å². The molecule has 0 amide bonds. The maximum atomic E-state index is 12.2. The summed E-state index contributed by atoms with van der Waals surface area (Å²) < 4.78 is 5.22. The molecule has 5 heteroatoms. The van der Waals surface area contributed by atoms with E-state index in [2.05, 4.69) is 9.97 Å². The first-order valence-corrected chi connectivity index (χ1v) is 7.58. The third kappa shape index (κ3) is 2.94. The Labute approximate surface area is 132 Å². The first-order chi connectivity index (χ1) is 10.7. The highest BCUT2D eigenvalue weighted by Gasteiger charge is 2.12. The van der Waals surface area contributed by atoms with Crippen LogP contribution in [-0.4, -0.2) is 22.2 Å². The summed E-state index contributed by atoms with van der Waals surface area (Å²) in [5.41, 5.74) is 2.27.